The fourth-order valence-corrected chi connectivity index (χ4v) is 2.55. The van der Waals surface area contributed by atoms with Crippen LogP contribution in [0.15, 0.2) is 48.5 Å². The van der Waals surface area contributed by atoms with Crippen LogP contribution in [0.25, 0.3) is 6.08 Å². The molecule has 0 bridgehead atoms. The number of methoxy groups -OCH3 is 1. The largest absolute Gasteiger partial charge is 0.493 e. The molecule has 1 N–H and O–H groups in total. The van der Waals surface area contributed by atoms with Crippen molar-refractivity contribution in [3.8, 4) is 11.5 Å². The van der Waals surface area contributed by atoms with Gasteiger partial charge in [-0.2, -0.15) is 0 Å². The lowest BCUT2D eigenvalue weighted by molar-refractivity contribution is -0.155. The van der Waals surface area contributed by atoms with Crippen LogP contribution in [-0.4, -0.2) is 37.5 Å². The van der Waals surface area contributed by atoms with Crippen molar-refractivity contribution in [3.05, 3.63) is 59.7 Å². The Morgan fingerprint density at radius 1 is 1.07 bits per heavy atom. The molecule has 0 aromatic heterocycles. The summed E-state index contributed by atoms with van der Waals surface area (Å²) in [4.78, 5) is 35.6. The van der Waals surface area contributed by atoms with Gasteiger partial charge in [-0.15, -0.1) is 0 Å². The smallest absolute Gasteiger partial charge is 0.344 e. The van der Waals surface area contributed by atoms with Crippen molar-refractivity contribution in [1.29, 1.82) is 0 Å². The molecule has 30 heavy (non-hydrogen) atoms. The molecule has 158 valence electrons. The van der Waals surface area contributed by atoms with E-state index in [4.69, 9.17) is 14.2 Å². The maximum absolute atomic E-state index is 12.2. The molecule has 0 heterocycles. The Bertz CT molecular complexity index is 933. The predicted molar refractivity (Wildman–Crippen MR) is 114 cm³/mol. The SMILES string of the molecule is C/C=C/c1ccc(OCC(=O)O[C@@H](C)C(=O)Nc2ccc(C(C)=O)cc2)c(OC)c1. The Kier molecular flexibility index (Phi) is 8.17. The van der Waals surface area contributed by atoms with Gasteiger partial charge in [0.15, 0.2) is 30.0 Å². The number of nitrogens with one attached hydrogen (secondary N) is 1. The number of benzene rings is 2. The molecule has 2 aromatic carbocycles. The predicted octanol–water partition coefficient (Wildman–Crippen LogP) is 3.88. The van der Waals surface area contributed by atoms with Gasteiger partial charge in [-0.05, 0) is 62.7 Å². The second-order valence-corrected chi connectivity index (χ2v) is 6.45. The quantitative estimate of drug-likeness (QED) is 0.497. The number of carbonyl (C=O) groups is 3. The van der Waals surface area contributed by atoms with Gasteiger partial charge >= 0.3 is 5.97 Å². The molecule has 0 spiro atoms. The van der Waals surface area contributed by atoms with Crippen molar-refractivity contribution in [1.82, 2.24) is 0 Å². The summed E-state index contributed by atoms with van der Waals surface area (Å²) in [6.45, 7) is 4.46. The number of hydrogen-bond donors (Lipinski definition) is 1. The minimum atomic E-state index is -1.02. The lowest BCUT2D eigenvalue weighted by Gasteiger charge is -2.15. The number of ether oxygens (including phenoxy) is 3. The number of anilines is 1. The summed E-state index contributed by atoms with van der Waals surface area (Å²) in [6.07, 6.45) is 2.79. The summed E-state index contributed by atoms with van der Waals surface area (Å²) in [5.41, 5.74) is 1.97. The van der Waals surface area contributed by atoms with E-state index < -0.39 is 18.0 Å². The Hall–Kier alpha value is -3.61. The summed E-state index contributed by atoms with van der Waals surface area (Å²) in [5, 5.41) is 2.63. The van der Waals surface area contributed by atoms with E-state index >= 15 is 0 Å². The zero-order valence-corrected chi connectivity index (χ0v) is 17.4. The number of Topliss-reactive ketones (excluding diaryl/α,β-unsaturated/α-hetero) is 1. The molecule has 7 nitrogen and oxygen atoms in total. The summed E-state index contributed by atoms with van der Waals surface area (Å²) in [5.74, 6) is -0.372. The monoisotopic (exact) mass is 411 g/mol. The highest BCUT2D eigenvalue weighted by atomic mass is 16.6. The zero-order chi connectivity index (χ0) is 22.1. The normalized spacial score (nSPS) is 11.6. The van der Waals surface area contributed by atoms with Gasteiger partial charge in [0.05, 0.1) is 7.11 Å². The van der Waals surface area contributed by atoms with Gasteiger partial charge in [0.2, 0.25) is 0 Å². The highest BCUT2D eigenvalue weighted by Gasteiger charge is 2.19. The molecule has 0 fully saturated rings. The number of ketones is 1. The summed E-state index contributed by atoms with van der Waals surface area (Å²) >= 11 is 0. The van der Waals surface area contributed by atoms with Crippen LogP contribution in [0, 0.1) is 0 Å². The average molecular weight is 411 g/mol. The standard InChI is InChI=1S/C23H25NO6/c1-5-6-17-7-12-20(21(13-17)28-4)29-14-22(26)30-16(3)23(27)24-19-10-8-18(9-11-19)15(2)25/h5-13,16H,14H2,1-4H3,(H,24,27)/b6-5+/t16-/m0/s1. The number of esters is 1. The molecule has 1 atom stereocenters. The highest BCUT2D eigenvalue weighted by Crippen LogP contribution is 2.28. The lowest BCUT2D eigenvalue weighted by Crippen LogP contribution is -2.31. The van der Waals surface area contributed by atoms with Gasteiger partial charge in [0, 0.05) is 11.3 Å². The van der Waals surface area contributed by atoms with E-state index in [2.05, 4.69) is 5.32 Å². The molecule has 0 aliphatic carbocycles. The molecular formula is C23H25NO6. The van der Waals surface area contributed by atoms with E-state index in [9.17, 15) is 14.4 Å². The Morgan fingerprint density at radius 3 is 2.37 bits per heavy atom. The van der Waals surface area contributed by atoms with Crippen molar-refractivity contribution in [2.45, 2.75) is 26.9 Å². The summed E-state index contributed by atoms with van der Waals surface area (Å²) < 4.78 is 15.9. The molecule has 2 aromatic rings. The number of hydrogen-bond acceptors (Lipinski definition) is 6. The number of allylic oxidation sites excluding steroid dienone is 1. The third-order valence-electron chi connectivity index (χ3n) is 4.13. The van der Waals surface area contributed by atoms with Gasteiger partial charge < -0.3 is 19.5 Å². The number of carbonyl (C=O) groups excluding carboxylic acids is 3. The zero-order valence-electron chi connectivity index (χ0n) is 17.4. The minimum absolute atomic E-state index is 0.0664. The van der Waals surface area contributed by atoms with Crippen LogP contribution in [0.5, 0.6) is 11.5 Å². The molecule has 0 unspecified atom stereocenters. The van der Waals surface area contributed by atoms with Crippen LogP contribution in [-0.2, 0) is 14.3 Å². The topological polar surface area (TPSA) is 90.9 Å². The van der Waals surface area contributed by atoms with Crippen LogP contribution in [0.4, 0.5) is 5.69 Å². The number of amides is 1. The molecule has 2 rings (SSSR count). The van der Waals surface area contributed by atoms with Gasteiger partial charge in [0.1, 0.15) is 0 Å². The van der Waals surface area contributed by atoms with Gasteiger partial charge in [-0.25, -0.2) is 4.79 Å². The first kappa shape index (κ1) is 22.7. The molecule has 0 radical (unpaired) electrons. The van der Waals surface area contributed by atoms with Crippen LogP contribution in [0.3, 0.4) is 0 Å². The van der Waals surface area contributed by atoms with Gasteiger partial charge in [-0.1, -0.05) is 18.2 Å². The first-order valence-corrected chi connectivity index (χ1v) is 9.39. The average Bonchev–Trinajstić information content (AvgIpc) is 2.73. The molecular weight excluding hydrogens is 386 g/mol. The molecule has 0 saturated carbocycles. The first-order valence-electron chi connectivity index (χ1n) is 9.39. The lowest BCUT2D eigenvalue weighted by atomic mass is 10.1. The van der Waals surface area contributed by atoms with Crippen molar-refractivity contribution in [3.63, 3.8) is 0 Å². The minimum Gasteiger partial charge on any atom is -0.493 e. The van der Waals surface area contributed by atoms with Crippen LogP contribution >= 0.6 is 0 Å². The summed E-state index contributed by atoms with van der Waals surface area (Å²) in [7, 11) is 1.51. The van der Waals surface area contributed by atoms with Gasteiger partial charge in [0.25, 0.3) is 5.91 Å². The first-order chi connectivity index (χ1) is 14.3. The van der Waals surface area contributed by atoms with E-state index in [1.54, 1.807) is 36.4 Å². The summed E-state index contributed by atoms with van der Waals surface area (Å²) in [6, 6.07) is 11.7. The Balaban J connectivity index is 1.88. The molecule has 7 heteroatoms. The van der Waals surface area contributed by atoms with Crippen molar-refractivity contribution in [2.75, 3.05) is 19.0 Å². The Morgan fingerprint density at radius 2 is 1.77 bits per heavy atom. The van der Waals surface area contributed by atoms with Crippen molar-refractivity contribution < 1.29 is 28.6 Å². The van der Waals surface area contributed by atoms with Crippen LogP contribution in [0.2, 0.25) is 0 Å². The van der Waals surface area contributed by atoms with Crippen molar-refractivity contribution >= 4 is 29.4 Å². The number of rotatable bonds is 9. The third-order valence-corrected chi connectivity index (χ3v) is 4.13. The maximum Gasteiger partial charge on any atom is 0.344 e. The molecule has 0 aliphatic heterocycles. The molecule has 0 saturated heterocycles. The Labute approximate surface area is 175 Å². The van der Waals surface area contributed by atoms with E-state index in [1.165, 1.54) is 21.0 Å². The van der Waals surface area contributed by atoms with E-state index in [0.29, 0.717) is 22.7 Å². The second kappa shape index (κ2) is 10.8. The second-order valence-electron chi connectivity index (χ2n) is 6.45. The fourth-order valence-electron chi connectivity index (χ4n) is 2.55. The molecule has 1 amide bonds. The van der Waals surface area contributed by atoms with Crippen LogP contribution in [0.1, 0.15) is 36.7 Å². The highest BCUT2D eigenvalue weighted by molar-refractivity contribution is 5.97. The third kappa shape index (κ3) is 6.48. The molecule has 0 aliphatic rings. The van der Waals surface area contributed by atoms with E-state index in [0.717, 1.165) is 5.56 Å². The van der Waals surface area contributed by atoms with Gasteiger partial charge in [-0.3, -0.25) is 9.59 Å². The van der Waals surface area contributed by atoms with Crippen molar-refractivity contribution in [2.24, 2.45) is 0 Å². The van der Waals surface area contributed by atoms with E-state index in [1.807, 2.05) is 25.1 Å². The maximum atomic E-state index is 12.2. The van der Waals surface area contributed by atoms with Crippen LogP contribution < -0.4 is 14.8 Å². The fraction of sp³-hybridized carbons (Fsp3) is 0.261. The van der Waals surface area contributed by atoms with E-state index in [-0.39, 0.29) is 12.4 Å².